The second-order valence-corrected chi connectivity index (χ2v) is 8.95. The molecule has 0 fully saturated rings. The molecule has 4 aromatic heterocycles. The predicted molar refractivity (Wildman–Crippen MR) is 137 cm³/mol. The second-order valence-electron chi connectivity index (χ2n) is 8.95. The van der Waals surface area contributed by atoms with Crippen molar-refractivity contribution in [2.75, 3.05) is 20.8 Å². The van der Waals surface area contributed by atoms with Crippen molar-refractivity contribution in [3.8, 4) is 28.8 Å². The maximum Gasteiger partial charge on any atom is 0.256 e. The lowest BCUT2D eigenvalue weighted by Gasteiger charge is -2.30. The fourth-order valence-electron chi connectivity index (χ4n) is 4.93. The van der Waals surface area contributed by atoms with Crippen LogP contribution in [0.5, 0.6) is 11.6 Å². The van der Waals surface area contributed by atoms with Crippen molar-refractivity contribution in [1.82, 2.24) is 39.2 Å². The van der Waals surface area contributed by atoms with E-state index in [0.717, 1.165) is 17.1 Å². The van der Waals surface area contributed by atoms with Crippen molar-refractivity contribution in [1.29, 1.82) is 0 Å². The predicted octanol–water partition coefficient (Wildman–Crippen LogP) is 2.41. The van der Waals surface area contributed by atoms with E-state index >= 15 is 0 Å². The van der Waals surface area contributed by atoms with Crippen LogP contribution < -0.4 is 9.47 Å². The van der Waals surface area contributed by atoms with E-state index in [4.69, 9.17) is 9.47 Å². The van der Waals surface area contributed by atoms with E-state index in [1.54, 1.807) is 37.7 Å². The van der Waals surface area contributed by atoms with Crippen LogP contribution in [-0.4, -0.2) is 71.0 Å². The number of ether oxygens (including phenoxy) is 2. The molecule has 0 bridgehead atoms. The molecule has 0 radical (unpaired) electrons. The monoisotopic (exact) mass is 514 g/mol. The Morgan fingerprint density at radius 1 is 1.13 bits per heavy atom. The molecule has 12 heteroatoms. The number of fused-ring (bicyclic) bond motifs is 2. The van der Waals surface area contributed by atoms with E-state index in [1.807, 2.05) is 30.3 Å². The number of carbonyl (C=O) groups is 1. The molecule has 1 aliphatic heterocycles. The van der Waals surface area contributed by atoms with Crippen molar-refractivity contribution in [2.24, 2.45) is 0 Å². The molecule has 194 valence electrons. The highest BCUT2D eigenvalue weighted by atomic mass is 16.5. The summed E-state index contributed by atoms with van der Waals surface area (Å²) in [5.41, 5.74) is 2.71. The number of imidazole rings is 1. The van der Waals surface area contributed by atoms with Crippen LogP contribution in [0.25, 0.3) is 28.1 Å². The number of amides is 1. The molecule has 38 heavy (non-hydrogen) atoms. The molecule has 1 aliphatic rings. The highest BCUT2D eigenvalue weighted by Gasteiger charge is 2.33. The van der Waals surface area contributed by atoms with Gasteiger partial charge in [-0.3, -0.25) is 4.79 Å². The Balaban J connectivity index is 1.33. The first-order valence-corrected chi connectivity index (χ1v) is 12.1. The van der Waals surface area contributed by atoms with Gasteiger partial charge >= 0.3 is 0 Å². The molecular formula is C26H26N8O4. The van der Waals surface area contributed by atoms with Gasteiger partial charge in [0.2, 0.25) is 5.88 Å². The molecule has 0 saturated heterocycles. The zero-order valence-corrected chi connectivity index (χ0v) is 21.1. The van der Waals surface area contributed by atoms with Crippen LogP contribution in [0.15, 0.2) is 49.1 Å². The lowest BCUT2D eigenvalue weighted by molar-refractivity contribution is -0.142. The lowest BCUT2D eigenvalue weighted by atomic mass is 10.1. The third-order valence-electron chi connectivity index (χ3n) is 6.76. The topological polar surface area (TPSA) is 136 Å². The Kier molecular flexibility index (Phi) is 5.80. The molecule has 1 amide bonds. The summed E-state index contributed by atoms with van der Waals surface area (Å²) < 4.78 is 14.7. The third-order valence-corrected chi connectivity index (χ3v) is 6.76. The SMILES string of the molecule is COc1nc(-c2ccccc2)n2c1CN(C(=O)C(O)c1c[nH]c3c(-n4cnc(C)n4)ncc(OC)c13)CC2. The van der Waals surface area contributed by atoms with Crippen molar-refractivity contribution >= 4 is 16.8 Å². The van der Waals surface area contributed by atoms with Gasteiger partial charge in [-0.2, -0.15) is 10.1 Å². The standard InChI is InChI=1S/C26H26N8O4/c1-15-29-14-34(31-15)24-21-20(19(37-2)12-28-24)17(11-27-21)22(35)26(36)32-9-10-33-18(13-32)25(38-3)30-23(33)16-7-5-4-6-8-16/h4-8,11-12,14,22,27,35H,9-10,13H2,1-3H3. The zero-order chi connectivity index (χ0) is 26.4. The molecule has 0 saturated carbocycles. The van der Waals surface area contributed by atoms with Gasteiger partial charge in [-0.05, 0) is 6.92 Å². The summed E-state index contributed by atoms with van der Waals surface area (Å²) in [5.74, 6) is 2.31. The summed E-state index contributed by atoms with van der Waals surface area (Å²) in [4.78, 5) is 31.6. The highest BCUT2D eigenvalue weighted by molar-refractivity contribution is 5.97. The molecule has 5 heterocycles. The number of hydrogen-bond acceptors (Lipinski definition) is 8. The first-order valence-electron chi connectivity index (χ1n) is 12.1. The minimum atomic E-state index is -1.43. The van der Waals surface area contributed by atoms with E-state index in [-0.39, 0.29) is 6.54 Å². The van der Waals surface area contributed by atoms with Gasteiger partial charge in [0.05, 0.1) is 37.9 Å². The number of hydrogen-bond donors (Lipinski definition) is 2. The molecule has 1 aromatic carbocycles. The molecule has 1 atom stereocenters. The van der Waals surface area contributed by atoms with Crippen LogP contribution in [-0.2, 0) is 17.9 Å². The van der Waals surface area contributed by atoms with E-state index < -0.39 is 12.0 Å². The maximum atomic E-state index is 13.6. The third kappa shape index (κ3) is 3.77. The molecule has 2 N–H and O–H groups in total. The van der Waals surface area contributed by atoms with E-state index in [2.05, 4.69) is 29.6 Å². The number of aryl methyl sites for hydroxylation is 1. The fraction of sp³-hybridized carbons (Fsp3) is 0.269. The number of methoxy groups -OCH3 is 2. The van der Waals surface area contributed by atoms with Crippen LogP contribution in [0.2, 0.25) is 0 Å². The smallest absolute Gasteiger partial charge is 0.256 e. The van der Waals surface area contributed by atoms with Crippen LogP contribution >= 0.6 is 0 Å². The van der Waals surface area contributed by atoms with Crippen LogP contribution in [0.1, 0.15) is 23.2 Å². The summed E-state index contributed by atoms with van der Waals surface area (Å²) in [6, 6.07) is 9.85. The number of aromatic nitrogens is 7. The van der Waals surface area contributed by atoms with Gasteiger partial charge in [0.1, 0.15) is 29.4 Å². The lowest BCUT2D eigenvalue weighted by Crippen LogP contribution is -2.41. The normalized spacial score (nSPS) is 13.9. The molecule has 12 nitrogen and oxygen atoms in total. The van der Waals surface area contributed by atoms with Gasteiger partial charge in [0.25, 0.3) is 5.91 Å². The first-order chi connectivity index (χ1) is 18.5. The minimum absolute atomic E-state index is 0.253. The van der Waals surface area contributed by atoms with Crippen molar-refractivity contribution in [3.63, 3.8) is 0 Å². The van der Waals surface area contributed by atoms with Gasteiger partial charge in [0.15, 0.2) is 11.9 Å². The molecule has 6 rings (SSSR count). The summed E-state index contributed by atoms with van der Waals surface area (Å²) in [7, 11) is 3.08. The highest BCUT2D eigenvalue weighted by Crippen LogP contribution is 2.36. The Labute approximate surface area is 217 Å². The average Bonchev–Trinajstić information content (AvgIpc) is 3.68. The first kappa shape index (κ1) is 23.7. The van der Waals surface area contributed by atoms with Gasteiger partial charge in [-0.25, -0.2) is 14.6 Å². The Morgan fingerprint density at radius 2 is 1.95 bits per heavy atom. The number of pyridine rings is 1. The largest absolute Gasteiger partial charge is 0.494 e. The van der Waals surface area contributed by atoms with Gasteiger partial charge in [-0.15, -0.1) is 0 Å². The van der Waals surface area contributed by atoms with Crippen LogP contribution in [0, 0.1) is 6.92 Å². The van der Waals surface area contributed by atoms with Crippen molar-refractivity contribution < 1.29 is 19.4 Å². The quantitative estimate of drug-likeness (QED) is 0.353. The average molecular weight is 515 g/mol. The minimum Gasteiger partial charge on any atom is -0.494 e. The van der Waals surface area contributed by atoms with E-state index in [9.17, 15) is 9.90 Å². The number of H-pyrrole nitrogens is 1. The van der Waals surface area contributed by atoms with Gasteiger partial charge < -0.3 is 29.0 Å². The molecular weight excluding hydrogens is 488 g/mol. The molecule has 5 aromatic rings. The Hall–Kier alpha value is -4.71. The number of rotatable bonds is 6. The van der Waals surface area contributed by atoms with Crippen molar-refractivity contribution in [2.45, 2.75) is 26.1 Å². The van der Waals surface area contributed by atoms with Gasteiger partial charge in [0, 0.05) is 30.4 Å². The summed E-state index contributed by atoms with van der Waals surface area (Å²) in [5, 5.41) is 16.2. The zero-order valence-electron chi connectivity index (χ0n) is 21.1. The van der Waals surface area contributed by atoms with Crippen LogP contribution in [0.4, 0.5) is 0 Å². The Bertz CT molecular complexity index is 1640. The summed E-state index contributed by atoms with van der Waals surface area (Å²) in [6.45, 7) is 2.96. The Morgan fingerprint density at radius 3 is 2.66 bits per heavy atom. The fourth-order valence-corrected chi connectivity index (χ4v) is 4.93. The summed E-state index contributed by atoms with van der Waals surface area (Å²) >= 11 is 0. The number of carbonyl (C=O) groups excluding carboxylic acids is 1. The number of benzene rings is 1. The maximum absolute atomic E-state index is 13.6. The number of aromatic amines is 1. The van der Waals surface area contributed by atoms with E-state index in [1.165, 1.54) is 11.8 Å². The number of nitrogens with one attached hydrogen (secondary N) is 1. The molecule has 0 spiro atoms. The number of aliphatic hydroxyl groups is 1. The van der Waals surface area contributed by atoms with E-state index in [0.29, 0.717) is 52.8 Å². The summed E-state index contributed by atoms with van der Waals surface area (Å²) in [6.07, 6.45) is 3.27. The molecule has 1 unspecified atom stereocenters. The number of aliphatic hydroxyl groups excluding tert-OH is 1. The van der Waals surface area contributed by atoms with Crippen LogP contribution in [0.3, 0.4) is 0 Å². The number of nitrogens with zero attached hydrogens (tertiary/aromatic N) is 7. The molecule has 0 aliphatic carbocycles. The van der Waals surface area contributed by atoms with Crippen molar-refractivity contribution in [3.05, 3.63) is 66.1 Å². The second kappa shape index (κ2) is 9.30. The van der Waals surface area contributed by atoms with Gasteiger partial charge in [-0.1, -0.05) is 30.3 Å².